The third kappa shape index (κ3) is 4.44. The van der Waals surface area contributed by atoms with Crippen LogP contribution in [0.3, 0.4) is 0 Å². The largest absolute Gasteiger partial charge is 0.280 e. The number of hydrogen-bond donors (Lipinski definition) is 0. The highest BCUT2D eigenvalue weighted by atomic mass is 19.2. The first-order valence-corrected chi connectivity index (χ1v) is 11.6. The zero-order chi connectivity index (χ0) is 26.1. The van der Waals surface area contributed by atoms with Crippen molar-refractivity contribution >= 4 is 23.4 Å². The van der Waals surface area contributed by atoms with E-state index in [1.54, 1.807) is 10.9 Å². The summed E-state index contributed by atoms with van der Waals surface area (Å²) in [5.74, 6) is -7.55. The summed E-state index contributed by atoms with van der Waals surface area (Å²) in [7, 11) is 0. The number of anilines is 1. The fourth-order valence-corrected chi connectivity index (χ4v) is 4.10. The van der Waals surface area contributed by atoms with Crippen LogP contribution in [0, 0.1) is 23.3 Å². The summed E-state index contributed by atoms with van der Waals surface area (Å²) in [6.45, 7) is 1.85. The van der Waals surface area contributed by atoms with Gasteiger partial charge in [-0.15, -0.1) is 0 Å². The van der Waals surface area contributed by atoms with Gasteiger partial charge >= 0.3 is 0 Å². The van der Waals surface area contributed by atoms with Crippen molar-refractivity contribution < 1.29 is 22.4 Å². The van der Waals surface area contributed by atoms with Crippen molar-refractivity contribution in [3.63, 3.8) is 0 Å². The zero-order valence-electron chi connectivity index (χ0n) is 19.6. The molecule has 37 heavy (non-hydrogen) atoms. The Morgan fingerprint density at radius 3 is 2.14 bits per heavy atom. The van der Waals surface area contributed by atoms with Gasteiger partial charge in [0.05, 0.1) is 22.7 Å². The molecule has 9 heteroatoms. The molecule has 0 fully saturated rings. The van der Waals surface area contributed by atoms with E-state index in [1.807, 2.05) is 67.6 Å². The molecular weight excluding hydrogens is 484 g/mol. The average molecular weight is 504 g/mol. The summed E-state index contributed by atoms with van der Waals surface area (Å²) < 4.78 is 58.5. The fourth-order valence-electron chi connectivity index (χ4n) is 4.10. The molecule has 0 aliphatic carbocycles. The highest BCUT2D eigenvalue weighted by Crippen LogP contribution is 2.34. The highest BCUT2D eigenvalue weighted by Gasteiger charge is 2.36. The Labute approximate surface area is 210 Å². The maximum atomic E-state index is 14.5. The van der Waals surface area contributed by atoms with Gasteiger partial charge in [0, 0.05) is 23.4 Å². The number of carbonyl (C=O) groups excluding carboxylic acids is 1. The lowest BCUT2D eigenvalue weighted by atomic mass is 10.0. The summed E-state index contributed by atoms with van der Waals surface area (Å²) in [6, 6.07) is 18.7. The molecule has 5 nitrogen and oxygen atoms in total. The van der Waals surface area contributed by atoms with Crippen LogP contribution >= 0.6 is 0 Å². The quantitative estimate of drug-likeness (QED) is 0.167. The predicted molar refractivity (Wildman–Crippen MR) is 133 cm³/mol. The van der Waals surface area contributed by atoms with Gasteiger partial charge in [-0.2, -0.15) is 15.2 Å². The predicted octanol–water partition coefficient (Wildman–Crippen LogP) is 6.68. The second-order valence-corrected chi connectivity index (χ2v) is 8.37. The first kappa shape index (κ1) is 24.2. The topological polar surface area (TPSA) is 50.5 Å². The van der Waals surface area contributed by atoms with Gasteiger partial charge in [-0.05, 0) is 24.6 Å². The molecule has 1 aromatic heterocycles. The average Bonchev–Trinajstić information content (AvgIpc) is 3.46. The van der Waals surface area contributed by atoms with Crippen molar-refractivity contribution in [1.29, 1.82) is 0 Å². The molecule has 0 bridgehead atoms. The summed E-state index contributed by atoms with van der Waals surface area (Å²) >= 11 is 0. The van der Waals surface area contributed by atoms with Gasteiger partial charge in [0.15, 0.2) is 23.3 Å². The molecule has 186 valence electrons. The molecule has 0 spiro atoms. The van der Waals surface area contributed by atoms with Crippen LogP contribution in [0.2, 0.25) is 0 Å². The molecule has 1 aliphatic heterocycles. The van der Waals surface area contributed by atoms with Gasteiger partial charge in [-0.1, -0.05) is 61.9 Å². The van der Waals surface area contributed by atoms with Gasteiger partial charge in [-0.25, -0.2) is 22.2 Å². The van der Waals surface area contributed by atoms with Crippen LogP contribution in [-0.2, 0) is 4.79 Å². The molecule has 1 amide bonds. The minimum absolute atomic E-state index is 0.0510. The third-order valence-corrected chi connectivity index (χ3v) is 5.85. The normalized spacial score (nSPS) is 14.5. The molecule has 2 heterocycles. The van der Waals surface area contributed by atoms with Gasteiger partial charge in [0.2, 0.25) is 0 Å². The van der Waals surface area contributed by atoms with Crippen LogP contribution in [0.4, 0.5) is 23.2 Å². The smallest absolute Gasteiger partial charge is 0.267 e. The molecule has 4 aromatic rings. The van der Waals surface area contributed by atoms with Gasteiger partial charge in [0.25, 0.3) is 5.91 Å². The highest BCUT2D eigenvalue weighted by molar-refractivity contribution is 6.33. The van der Waals surface area contributed by atoms with Crippen molar-refractivity contribution in [3.05, 3.63) is 107 Å². The number of para-hydroxylation sites is 1. The monoisotopic (exact) mass is 504 g/mol. The van der Waals surface area contributed by atoms with Crippen LogP contribution in [0.15, 0.2) is 83.6 Å². The summed E-state index contributed by atoms with van der Waals surface area (Å²) in [4.78, 5) is 13.4. The van der Waals surface area contributed by atoms with Crippen LogP contribution in [0.1, 0.15) is 25.3 Å². The van der Waals surface area contributed by atoms with E-state index in [4.69, 9.17) is 5.10 Å². The maximum Gasteiger partial charge on any atom is 0.280 e. The van der Waals surface area contributed by atoms with Crippen molar-refractivity contribution in [2.45, 2.75) is 19.8 Å². The van der Waals surface area contributed by atoms with E-state index >= 15 is 0 Å². The van der Waals surface area contributed by atoms with Gasteiger partial charge in [-0.3, -0.25) is 4.79 Å². The van der Waals surface area contributed by atoms with Crippen LogP contribution < -0.4 is 5.01 Å². The Hall–Kier alpha value is -4.53. The first-order chi connectivity index (χ1) is 17.9. The number of halogens is 4. The Morgan fingerprint density at radius 2 is 1.51 bits per heavy atom. The number of benzene rings is 3. The summed E-state index contributed by atoms with van der Waals surface area (Å²) in [5, 5.41) is 9.16. The Kier molecular flexibility index (Phi) is 6.43. The van der Waals surface area contributed by atoms with E-state index in [1.165, 1.54) is 6.08 Å². The molecule has 0 N–H and O–H groups in total. The van der Waals surface area contributed by atoms with E-state index < -0.39 is 34.9 Å². The molecule has 0 saturated heterocycles. The van der Waals surface area contributed by atoms with E-state index in [2.05, 4.69) is 5.10 Å². The Morgan fingerprint density at radius 1 is 0.892 bits per heavy atom. The lowest BCUT2D eigenvalue weighted by Crippen LogP contribution is -2.24. The minimum Gasteiger partial charge on any atom is -0.267 e. The summed E-state index contributed by atoms with van der Waals surface area (Å²) in [6.07, 6.45) is 4.13. The number of carbonyl (C=O) groups is 1. The molecule has 3 aromatic carbocycles. The molecule has 0 atom stereocenters. The number of hydrazone groups is 1. The second-order valence-electron chi connectivity index (χ2n) is 8.37. The number of nitrogens with zero attached hydrogens (tertiary/aromatic N) is 4. The Balaban J connectivity index is 1.66. The SMILES string of the molecule is CCCC1=NN(c2c(F)c(F)cc(F)c2F)C(=O)/C1=C\c1cn(-c2ccccc2)nc1-c1ccccc1. The van der Waals surface area contributed by atoms with Gasteiger partial charge < -0.3 is 0 Å². The second kappa shape index (κ2) is 9.85. The molecule has 0 radical (unpaired) electrons. The first-order valence-electron chi connectivity index (χ1n) is 11.6. The van der Waals surface area contributed by atoms with Crippen molar-refractivity contribution in [1.82, 2.24) is 9.78 Å². The summed E-state index contributed by atoms with van der Waals surface area (Å²) in [5.41, 5.74) is 1.78. The van der Waals surface area contributed by atoms with E-state index in [9.17, 15) is 22.4 Å². The van der Waals surface area contributed by atoms with Crippen molar-refractivity contribution in [3.8, 4) is 16.9 Å². The standard InChI is InChI=1S/C28H20F4N4O/c1-2-9-23-20(28(37)36(33-23)27-24(31)21(29)15-22(30)25(27)32)14-18-16-35(19-12-7-4-8-13-19)34-26(18)17-10-5-3-6-11-17/h3-8,10-16H,2,9H2,1H3/b20-14-. The number of hydrogen-bond acceptors (Lipinski definition) is 3. The number of amides is 1. The molecule has 0 saturated carbocycles. The van der Waals surface area contributed by atoms with E-state index in [-0.39, 0.29) is 17.4 Å². The van der Waals surface area contributed by atoms with Crippen molar-refractivity contribution in [2.75, 3.05) is 5.01 Å². The van der Waals surface area contributed by atoms with E-state index in [0.29, 0.717) is 29.1 Å². The molecule has 0 unspecified atom stereocenters. The lowest BCUT2D eigenvalue weighted by Gasteiger charge is -2.14. The molecule has 1 aliphatic rings. The molecular formula is C28H20F4N4O. The number of aromatic nitrogens is 2. The van der Waals surface area contributed by atoms with Crippen LogP contribution in [0.25, 0.3) is 23.0 Å². The minimum atomic E-state index is -1.70. The lowest BCUT2D eigenvalue weighted by molar-refractivity contribution is -0.114. The number of rotatable bonds is 6. The Bertz CT molecular complexity index is 1520. The van der Waals surface area contributed by atoms with Crippen LogP contribution in [0.5, 0.6) is 0 Å². The third-order valence-electron chi connectivity index (χ3n) is 5.85. The zero-order valence-corrected chi connectivity index (χ0v) is 19.6. The van der Waals surface area contributed by atoms with Crippen molar-refractivity contribution in [2.24, 2.45) is 5.10 Å². The maximum absolute atomic E-state index is 14.5. The molecule has 5 rings (SSSR count). The van der Waals surface area contributed by atoms with E-state index in [0.717, 1.165) is 11.3 Å². The van der Waals surface area contributed by atoms with Crippen LogP contribution in [-0.4, -0.2) is 21.4 Å². The van der Waals surface area contributed by atoms with Gasteiger partial charge in [0.1, 0.15) is 5.69 Å². The fraction of sp³-hybridized carbons (Fsp3) is 0.107.